The van der Waals surface area contributed by atoms with Gasteiger partial charge in [-0.2, -0.15) is 0 Å². The Morgan fingerprint density at radius 3 is 1.95 bits per heavy atom. The Morgan fingerprint density at radius 2 is 1.39 bits per heavy atom. The van der Waals surface area contributed by atoms with Crippen molar-refractivity contribution in [2.24, 2.45) is 16.2 Å². The Labute approximate surface area is 352 Å². The van der Waals surface area contributed by atoms with Crippen molar-refractivity contribution in [2.75, 3.05) is 39.3 Å². The number of amides is 3. The summed E-state index contributed by atoms with van der Waals surface area (Å²) < 4.78 is 12.6. The number of aliphatic carboxylic acids is 2. The van der Waals surface area contributed by atoms with Gasteiger partial charge in [-0.3, -0.25) is 24.0 Å². The number of likely N-dealkylation sites (tertiary alicyclic amines) is 1. The lowest BCUT2D eigenvalue weighted by molar-refractivity contribution is -0.172. The molecule has 0 bridgehead atoms. The van der Waals surface area contributed by atoms with Gasteiger partial charge < -0.3 is 44.1 Å². The average molecular weight is 844 g/mol. The van der Waals surface area contributed by atoms with Crippen LogP contribution < -0.4 is 10.3 Å². The number of hydrogen-bond acceptors (Lipinski definition) is 11. The van der Waals surface area contributed by atoms with Crippen molar-refractivity contribution in [1.29, 1.82) is 0 Å². The number of piperidine rings is 1. The largest absolute Gasteiger partial charge is 0.480 e. The van der Waals surface area contributed by atoms with Crippen LogP contribution in [0.25, 0.3) is 22.3 Å². The van der Waals surface area contributed by atoms with Gasteiger partial charge in [0.15, 0.2) is 11.0 Å². The van der Waals surface area contributed by atoms with E-state index in [0.29, 0.717) is 41.9 Å². The lowest BCUT2D eigenvalue weighted by atomic mass is 9.75. The fraction of sp³-hybridized carbons (Fsp3) is 0.545. The van der Waals surface area contributed by atoms with Crippen LogP contribution in [0.2, 0.25) is 0 Å². The SMILES string of the molecule is CCc1c2c(nc3ccc(OC(=O)N4CCN(C(=O)C(C)(C)CCC(C)(C)C(=O)N5CCC(C(=O)O)(C(=O)O)CC5)CC4)cc13)-c1cc3c(c(=O)n1C2)COC(=O)[C@]3(O)CC. The number of cyclic esters (lactones) is 1. The number of aromatic nitrogens is 2. The molecule has 2 aromatic heterocycles. The fourth-order valence-electron chi connectivity index (χ4n) is 9.17. The molecule has 0 radical (unpaired) electrons. The molecule has 3 amide bonds. The summed E-state index contributed by atoms with van der Waals surface area (Å²) in [6.07, 6.45) is 0.461. The maximum Gasteiger partial charge on any atom is 0.415 e. The van der Waals surface area contributed by atoms with E-state index < -0.39 is 45.8 Å². The summed E-state index contributed by atoms with van der Waals surface area (Å²) in [4.78, 5) is 100. The first-order valence-electron chi connectivity index (χ1n) is 20.8. The summed E-state index contributed by atoms with van der Waals surface area (Å²) in [5.74, 6) is -3.61. The number of carbonyl (C=O) groups is 6. The Balaban J connectivity index is 0.972. The first-order chi connectivity index (χ1) is 28.7. The number of ether oxygens (including phenoxy) is 2. The molecule has 17 heteroatoms. The molecule has 6 heterocycles. The first kappa shape index (κ1) is 43.3. The van der Waals surface area contributed by atoms with Crippen molar-refractivity contribution in [3.8, 4) is 17.1 Å². The maximum atomic E-state index is 13.8. The predicted molar refractivity (Wildman–Crippen MR) is 218 cm³/mol. The van der Waals surface area contributed by atoms with E-state index in [9.17, 15) is 48.9 Å². The predicted octanol–water partition coefficient (Wildman–Crippen LogP) is 3.90. The number of rotatable bonds is 10. The molecule has 1 aromatic carbocycles. The molecule has 4 aliphatic rings. The number of hydrogen-bond donors (Lipinski definition) is 3. The van der Waals surface area contributed by atoms with E-state index in [2.05, 4.69) is 0 Å². The van der Waals surface area contributed by atoms with Crippen molar-refractivity contribution >= 4 is 46.7 Å². The van der Waals surface area contributed by atoms with E-state index in [4.69, 9.17) is 14.5 Å². The standard InChI is InChI=1S/C44H53N5O12/c1-7-26-27-21-25(9-10-31(27)45-33-28(26)23-49-32(33)22-30-29(34(49)50)24-60-39(57)44(30,59)8-2)61-40(58)48-19-17-47(18-20-48)36(52)42(5,6)12-11-41(3,4)35(51)46-15-13-43(14-16-46,37(53)54)38(55)56/h9-10,21-22,59H,7-8,11-20,23-24H2,1-6H3,(H,53,54)(H,55,56)/t44-/m0/s1. The van der Waals surface area contributed by atoms with Gasteiger partial charge in [-0.25, -0.2) is 14.6 Å². The van der Waals surface area contributed by atoms with E-state index in [1.54, 1.807) is 59.4 Å². The van der Waals surface area contributed by atoms with Crippen molar-refractivity contribution in [1.82, 2.24) is 24.3 Å². The Bertz CT molecular complexity index is 2410. The number of aryl methyl sites for hydroxylation is 1. The second-order valence-corrected chi connectivity index (χ2v) is 18.0. The van der Waals surface area contributed by atoms with Gasteiger partial charge in [0.25, 0.3) is 5.56 Å². The van der Waals surface area contributed by atoms with Crippen LogP contribution in [0.3, 0.4) is 0 Å². The molecule has 2 fully saturated rings. The number of esters is 1. The zero-order chi connectivity index (χ0) is 44.4. The number of aliphatic hydroxyl groups is 1. The molecule has 0 spiro atoms. The third-order valence-electron chi connectivity index (χ3n) is 13.4. The minimum Gasteiger partial charge on any atom is -0.480 e. The van der Waals surface area contributed by atoms with Gasteiger partial charge in [-0.05, 0) is 68.4 Å². The van der Waals surface area contributed by atoms with E-state index in [0.717, 1.165) is 16.5 Å². The van der Waals surface area contributed by atoms with Gasteiger partial charge in [0.1, 0.15) is 12.4 Å². The number of piperazine rings is 1. The Hall–Kier alpha value is -5.84. The van der Waals surface area contributed by atoms with Crippen molar-refractivity contribution in [3.05, 3.63) is 56.9 Å². The third-order valence-corrected chi connectivity index (χ3v) is 13.4. The molecule has 61 heavy (non-hydrogen) atoms. The smallest absolute Gasteiger partial charge is 0.415 e. The topological polar surface area (TPSA) is 226 Å². The van der Waals surface area contributed by atoms with Gasteiger partial charge in [-0.1, -0.05) is 41.5 Å². The summed E-state index contributed by atoms with van der Waals surface area (Å²) in [7, 11) is 0. The molecule has 3 N–H and O–H groups in total. The van der Waals surface area contributed by atoms with Gasteiger partial charge >= 0.3 is 24.0 Å². The van der Waals surface area contributed by atoms with Gasteiger partial charge in [0.05, 0.1) is 29.0 Å². The summed E-state index contributed by atoms with van der Waals surface area (Å²) in [6, 6.07) is 6.84. The van der Waals surface area contributed by atoms with E-state index >= 15 is 0 Å². The van der Waals surface area contributed by atoms with Crippen LogP contribution in [0, 0.1) is 16.2 Å². The molecule has 17 nitrogen and oxygen atoms in total. The number of fused-ring (bicyclic) bond motifs is 5. The number of carboxylic acids is 2. The van der Waals surface area contributed by atoms with Crippen molar-refractivity contribution in [3.63, 3.8) is 0 Å². The highest BCUT2D eigenvalue weighted by Crippen LogP contribution is 2.42. The van der Waals surface area contributed by atoms with Crippen LogP contribution in [0.4, 0.5) is 4.79 Å². The van der Waals surface area contributed by atoms with E-state index in [-0.39, 0.29) is 100 Å². The summed E-state index contributed by atoms with van der Waals surface area (Å²) >= 11 is 0. The van der Waals surface area contributed by atoms with Crippen LogP contribution in [-0.4, -0.2) is 115 Å². The van der Waals surface area contributed by atoms with E-state index in [1.165, 1.54) is 4.90 Å². The van der Waals surface area contributed by atoms with Crippen LogP contribution in [0.15, 0.2) is 29.1 Å². The summed E-state index contributed by atoms with van der Waals surface area (Å²) in [5.41, 5.74) is -1.93. The zero-order valence-corrected chi connectivity index (χ0v) is 35.5. The highest BCUT2D eigenvalue weighted by Gasteiger charge is 2.51. The molecule has 4 aliphatic heterocycles. The van der Waals surface area contributed by atoms with Crippen LogP contribution in [0.5, 0.6) is 5.75 Å². The molecule has 2 saturated heterocycles. The second-order valence-electron chi connectivity index (χ2n) is 18.0. The van der Waals surface area contributed by atoms with Crippen molar-refractivity contribution < 1.29 is 53.6 Å². The molecule has 326 valence electrons. The van der Waals surface area contributed by atoms with Crippen LogP contribution in [0.1, 0.15) is 95.9 Å². The molecule has 1 atom stereocenters. The zero-order valence-electron chi connectivity index (χ0n) is 35.5. The average Bonchev–Trinajstić information content (AvgIpc) is 3.61. The molecular formula is C44H53N5O12. The molecule has 0 unspecified atom stereocenters. The number of carboxylic acid groups (broad SMARTS) is 2. The maximum absolute atomic E-state index is 13.8. The number of nitrogens with zero attached hydrogens (tertiary/aromatic N) is 5. The number of pyridine rings is 2. The summed E-state index contributed by atoms with van der Waals surface area (Å²) in [5, 5.41) is 31.1. The summed E-state index contributed by atoms with van der Waals surface area (Å²) in [6.45, 7) is 12.0. The second kappa shape index (κ2) is 15.6. The van der Waals surface area contributed by atoms with Crippen molar-refractivity contribution in [2.45, 2.75) is 98.8 Å². The molecule has 7 rings (SSSR count). The highest BCUT2D eigenvalue weighted by atomic mass is 16.6. The van der Waals surface area contributed by atoms with Gasteiger partial charge in [0.2, 0.25) is 11.8 Å². The highest BCUT2D eigenvalue weighted by molar-refractivity contribution is 5.98. The third kappa shape index (κ3) is 7.29. The van der Waals surface area contributed by atoms with Gasteiger partial charge in [0, 0.05) is 66.6 Å². The molecular weight excluding hydrogens is 791 g/mol. The van der Waals surface area contributed by atoms with Crippen LogP contribution >= 0.6 is 0 Å². The Morgan fingerprint density at radius 1 is 0.820 bits per heavy atom. The lowest BCUT2D eigenvalue weighted by Gasteiger charge is -2.41. The van der Waals surface area contributed by atoms with E-state index in [1.807, 2.05) is 20.8 Å². The quantitative estimate of drug-likeness (QED) is 0.152. The monoisotopic (exact) mass is 843 g/mol. The minimum atomic E-state index is -1.93. The lowest BCUT2D eigenvalue weighted by Crippen LogP contribution is -2.54. The fourth-order valence-corrected chi connectivity index (χ4v) is 9.17. The molecule has 0 saturated carbocycles. The number of benzene rings is 1. The molecule has 0 aliphatic carbocycles. The molecule has 3 aromatic rings. The minimum absolute atomic E-state index is 0.0181. The Kier molecular flexibility index (Phi) is 11.0. The normalized spacial score (nSPS) is 19.8. The number of carbonyl (C=O) groups excluding carboxylic acids is 4. The van der Waals surface area contributed by atoms with Crippen LogP contribution in [-0.2, 0) is 53.9 Å². The van der Waals surface area contributed by atoms with Gasteiger partial charge in [-0.15, -0.1) is 0 Å². The first-order valence-corrected chi connectivity index (χ1v) is 20.8.